The monoisotopic (exact) mass is 323 g/mol. The Hall–Kier alpha value is -2.82. The zero-order chi connectivity index (χ0) is 16.5. The van der Waals surface area contributed by atoms with Crippen molar-refractivity contribution in [1.29, 1.82) is 0 Å². The first-order chi connectivity index (χ1) is 11.7. The molecule has 2 heterocycles. The molecule has 0 bridgehead atoms. The first-order valence-electron chi connectivity index (χ1n) is 8.11. The topological polar surface area (TPSA) is 48.1 Å². The minimum atomic E-state index is -0.423. The summed E-state index contributed by atoms with van der Waals surface area (Å²) in [4.78, 5) is 17.8. The van der Waals surface area contributed by atoms with Crippen molar-refractivity contribution < 1.29 is 9.18 Å². The normalized spacial score (nSPS) is 14.3. The molecule has 0 spiro atoms. The van der Waals surface area contributed by atoms with Crippen molar-refractivity contribution in [2.24, 2.45) is 0 Å². The van der Waals surface area contributed by atoms with Gasteiger partial charge in [-0.2, -0.15) is 0 Å². The molecule has 0 radical (unpaired) electrons. The Morgan fingerprint density at radius 2 is 1.92 bits per heavy atom. The van der Waals surface area contributed by atoms with Crippen LogP contribution in [-0.2, 0) is 13.0 Å². The Morgan fingerprint density at radius 1 is 1.12 bits per heavy atom. The van der Waals surface area contributed by atoms with Gasteiger partial charge >= 0.3 is 6.03 Å². The van der Waals surface area contributed by atoms with E-state index < -0.39 is 5.82 Å². The van der Waals surface area contributed by atoms with Gasteiger partial charge in [0.15, 0.2) is 0 Å². The second-order valence-corrected chi connectivity index (χ2v) is 6.06. The van der Waals surface area contributed by atoms with Crippen molar-refractivity contribution in [3.63, 3.8) is 0 Å². The largest absolute Gasteiger partial charge is 0.358 e. The molecule has 24 heavy (non-hydrogen) atoms. The Labute approximate surface area is 139 Å². The van der Waals surface area contributed by atoms with E-state index in [2.05, 4.69) is 16.4 Å². The Bertz CT molecular complexity index is 903. The van der Waals surface area contributed by atoms with Gasteiger partial charge in [-0.1, -0.05) is 30.3 Å². The summed E-state index contributed by atoms with van der Waals surface area (Å²) in [7, 11) is 0. The maximum Gasteiger partial charge on any atom is 0.322 e. The summed E-state index contributed by atoms with van der Waals surface area (Å²) in [5, 5.41) is 3.83. The molecule has 2 amide bonds. The van der Waals surface area contributed by atoms with Crippen LogP contribution in [-0.4, -0.2) is 22.5 Å². The van der Waals surface area contributed by atoms with Gasteiger partial charge in [0.1, 0.15) is 5.82 Å². The molecule has 5 heteroatoms. The van der Waals surface area contributed by atoms with Crippen molar-refractivity contribution in [2.45, 2.75) is 19.4 Å². The van der Waals surface area contributed by atoms with E-state index in [0.717, 1.165) is 29.3 Å². The van der Waals surface area contributed by atoms with Crippen LogP contribution in [0, 0.1) is 5.82 Å². The summed E-state index contributed by atoms with van der Waals surface area (Å²) in [6.45, 7) is 1.18. The van der Waals surface area contributed by atoms with Crippen LogP contribution < -0.4 is 5.32 Å². The van der Waals surface area contributed by atoms with Gasteiger partial charge in [0.2, 0.25) is 0 Å². The molecule has 0 saturated heterocycles. The lowest BCUT2D eigenvalue weighted by Gasteiger charge is -2.21. The summed E-state index contributed by atoms with van der Waals surface area (Å²) in [5.74, 6) is -0.423. The SMILES string of the molecule is O=C(Nc1ccccc1F)N1CCCc2[nH]c3ccccc3c2C1. The van der Waals surface area contributed by atoms with Crippen molar-refractivity contribution in [1.82, 2.24) is 9.88 Å². The van der Waals surface area contributed by atoms with Crippen molar-refractivity contribution >= 4 is 22.6 Å². The fourth-order valence-corrected chi connectivity index (χ4v) is 3.30. The highest BCUT2D eigenvalue weighted by molar-refractivity contribution is 5.90. The summed E-state index contributed by atoms with van der Waals surface area (Å²) >= 11 is 0. The Balaban J connectivity index is 1.60. The minimum absolute atomic E-state index is 0.214. The van der Waals surface area contributed by atoms with Gasteiger partial charge in [-0.05, 0) is 31.0 Å². The molecule has 4 nitrogen and oxygen atoms in total. The number of H-pyrrole nitrogens is 1. The number of para-hydroxylation sites is 2. The summed E-state index contributed by atoms with van der Waals surface area (Å²) < 4.78 is 13.8. The maximum atomic E-state index is 13.8. The number of amides is 2. The molecular weight excluding hydrogens is 305 g/mol. The number of carbonyl (C=O) groups is 1. The van der Waals surface area contributed by atoms with Crippen LogP contribution >= 0.6 is 0 Å². The third-order valence-corrected chi connectivity index (χ3v) is 4.51. The van der Waals surface area contributed by atoms with Gasteiger partial charge in [-0.3, -0.25) is 0 Å². The van der Waals surface area contributed by atoms with E-state index in [9.17, 15) is 9.18 Å². The molecule has 4 rings (SSSR count). The van der Waals surface area contributed by atoms with Crippen LogP contribution in [0.2, 0.25) is 0 Å². The molecule has 1 aromatic heterocycles. The molecule has 2 N–H and O–H groups in total. The number of nitrogens with one attached hydrogen (secondary N) is 2. The lowest BCUT2D eigenvalue weighted by molar-refractivity contribution is 0.210. The smallest absolute Gasteiger partial charge is 0.322 e. The Kier molecular flexibility index (Phi) is 3.69. The zero-order valence-electron chi connectivity index (χ0n) is 13.2. The van der Waals surface area contributed by atoms with E-state index in [-0.39, 0.29) is 11.7 Å². The fraction of sp³-hybridized carbons (Fsp3) is 0.211. The second kappa shape index (κ2) is 6.00. The number of halogens is 1. The molecule has 0 aliphatic carbocycles. The fourth-order valence-electron chi connectivity index (χ4n) is 3.30. The number of aryl methyl sites for hydroxylation is 1. The number of anilines is 1. The highest BCUT2D eigenvalue weighted by Crippen LogP contribution is 2.27. The predicted octanol–water partition coefficient (Wildman–Crippen LogP) is 4.29. The Morgan fingerprint density at radius 3 is 2.79 bits per heavy atom. The van der Waals surface area contributed by atoms with Crippen LogP contribution in [0.4, 0.5) is 14.9 Å². The summed E-state index contributed by atoms with van der Waals surface area (Å²) in [6, 6.07) is 14.1. The van der Waals surface area contributed by atoms with Gasteiger partial charge in [0.05, 0.1) is 5.69 Å². The van der Waals surface area contributed by atoms with E-state index in [1.165, 1.54) is 11.8 Å². The predicted molar refractivity (Wildman–Crippen MR) is 92.4 cm³/mol. The van der Waals surface area contributed by atoms with E-state index in [0.29, 0.717) is 13.1 Å². The summed E-state index contributed by atoms with van der Waals surface area (Å²) in [5.41, 5.74) is 3.66. The number of fused-ring (bicyclic) bond motifs is 3. The van der Waals surface area contributed by atoms with Crippen molar-refractivity contribution in [2.75, 3.05) is 11.9 Å². The van der Waals surface area contributed by atoms with Crippen LogP contribution in [0.15, 0.2) is 48.5 Å². The third kappa shape index (κ3) is 2.62. The number of benzene rings is 2. The average Bonchev–Trinajstić information content (AvgIpc) is 2.80. The minimum Gasteiger partial charge on any atom is -0.358 e. The number of nitrogens with zero attached hydrogens (tertiary/aromatic N) is 1. The van der Waals surface area contributed by atoms with E-state index in [1.807, 2.05) is 18.2 Å². The standard InChI is InChI=1S/C19H18FN3O/c20-15-7-2-4-9-18(15)22-19(24)23-11-5-10-17-14(12-23)13-6-1-3-8-16(13)21-17/h1-4,6-9,21H,5,10-12H2,(H,22,24). The first-order valence-corrected chi connectivity index (χ1v) is 8.11. The van der Waals surface area contributed by atoms with Crippen LogP contribution in [0.3, 0.4) is 0 Å². The van der Waals surface area contributed by atoms with E-state index in [1.54, 1.807) is 23.1 Å². The number of hydrogen-bond acceptors (Lipinski definition) is 1. The van der Waals surface area contributed by atoms with Gasteiger partial charge in [0.25, 0.3) is 0 Å². The average molecular weight is 323 g/mol. The quantitative estimate of drug-likeness (QED) is 0.689. The van der Waals surface area contributed by atoms with Crippen LogP contribution in [0.5, 0.6) is 0 Å². The van der Waals surface area contributed by atoms with E-state index in [4.69, 9.17) is 0 Å². The van der Waals surface area contributed by atoms with Gasteiger partial charge in [-0.25, -0.2) is 9.18 Å². The van der Waals surface area contributed by atoms with Gasteiger partial charge in [-0.15, -0.1) is 0 Å². The molecule has 1 aliphatic rings. The molecule has 1 aliphatic heterocycles. The molecule has 0 unspecified atom stereocenters. The molecular formula is C19H18FN3O. The third-order valence-electron chi connectivity index (χ3n) is 4.51. The first kappa shape index (κ1) is 14.8. The second-order valence-electron chi connectivity index (χ2n) is 6.06. The van der Waals surface area contributed by atoms with Crippen molar-refractivity contribution in [3.8, 4) is 0 Å². The number of carbonyl (C=O) groups excluding carboxylic acids is 1. The molecule has 0 fully saturated rings. The molecule has 122 valence electrons. The number of hydrogen-bond donors (Lipinski definition) is 2. The summed E-state index contributed by atoms with van der Waals surface area (Å²) in [6.07, 6.45) is 1.79. The van der Waals surface area contributed by atoms with E-state index >= 15 is 0 Å². The van der Waals surface area contributed by atoms with Crippen LogP contribution in [0.1, 0.15) is 17.7 Å². The highest BCUT2D eigenvalue weighted by Gasteiger charge is 2.22. The lowest BCUT2D eigenvalue weighted by Crippen LogP contribution is -2.34. The zero-order valence-corrected chi connectivity index (χ0v) is 13.2. The van der Waals surface area contributed by atoms with Gasteiger partial charge < -0.3 is 15.2 Å². The van der Waals surface area contributed by atoms with Gasteiger partial charge in [0, 0.05) is 35.2 Å². The maximum absolute atomic E-state index is 13.8. The number of aromatic nitrogens is 1. The van der Waals surface area contributed by atoms with Crippen molar-refractivity contribution in [3.05, 3.63) is 65.6 Å². The molecule has 3 aromatic rings. The number of rotatable bonds is 1. The molecule has 0 saturated carbocycles. The molecule has 0 atom stereocenters. The van der Waals surface area contributed by atoms with Crippen LogP contribution in [0.25, 0.3) is 10.9 Å². The lowest BCUT2D eigenvalue weighted by atomic mass is 10.1. The number of aromatic amines is 1. The highest BCUT2D eigenvalue weighted by atomic mass is 19.1. The number of urea groups is 1. The molecule has 2 aromatic carbocycles.